The van der Waals surface area contributed by atoms with E-state index in [1.807, 2.05) is 11.8 Å². The first-order valence-corrected chi connectivity index (χ1v) is 12.4. The molecule has 0 radical (unpaired) electrons. The molecule has 0 spiro atoms. The van der Waals surface area contributed by atoms with Crippen molar-refractivity contribution in [1.29, 1.82) is 5.26 Å². The molecule has 2 amide bonds. The highest BCUT2D eigenvalue weighted by Crippen LogP contribution is 2.38. The number of rotatable bonds is 6. The maximum absolute atomic E-state index is 13.5. The molecule has 2 fully saturated rings. The molecule has 0 N–H and O–H groups in total. The Balaban J connectivity index is 1.67. The molecule has 2 unspecified atom stereocenters. The Hall–Kier alpha value is -2.71. The van der Waals surface area contributed by atoms with E-state index in [1.54, 1.807) is 31.7 Å². The van der Waals surface area contributed by atoms with E-state index < -0.39 is 28.7 Å². The second kappa shape index (κ2) is 10.3. The summed E-state index contributed by atoms with van der Waals surface area (Å²) in [5, 5.41) is 9.22. The van der Waals surface area contributed by atoms with Crippen molar-refractivity contribution >= 4 is 34.8 Å². The fraction of sp³-hybridized carbons (Fsp3) is 0.600. The number of carbonyl (C=O) groups excluding carboxylic acids is 2. The normalized spacial score (nSPS) is 22.8. The molecule has 0 aromatic heterocycles. The Morgan fingerprint density at radius 2 is 1.81 bits per heavy atom. The Labute approximate surface area is 215 Å². The molecule has 1 aromatic rings. The van der Waals surface area contributed by atoms with E-state index in [0.29, 0.717) is 13.1 Å². The van der Waals surface area contributed by atoms with Crippen molar-refractivity contribution < 1.29 is 22.8 Å². The zero-order valence-corrected chi connectivity index (χ0v) is 22.0. The minimum Gasteiger partial charge on any atom is -0.337 e. The molecule has 11 heteroatoms. The van der Waals surface area contributed by atoms with Crippen LogP contribution in [-0.2, 0) is 15.8 Å². The molecule has 2 saturated heterocycles. The Morgan fingerprint density at radius 3 is 2.39 bits per heavy atom. The van der Waals surface area contributed by atoms with Crippen LogP contribution in [0.1, 0.15) is 58.6 Å². The van der Waals surface area contributed by atoms with Gasteiger partial charge in [0, 0.05) is 38.6 Å². The second-order valence-corrected chi connectivity index (χ2v) is 10.4. The smallest absolute Gasteiger partial charge is 0.337 e. The fourth-order valence-electron chi connectivity index (χ4n) is 4.98. The molecule has 2 heterocycles. The Morgan fingerprint density at radius 1 is 1.17 bits per heavy atom. The molecule has 2 aliphatic rings. The van der Waals surface area contributed by atoms with Crippen LogP contribution >= 0.6 is 12.2 Å². The maximum Gasteiger partial charge on any atom is 0.417 e. The fourth-order valence-corrected chi connectivity index (χ4v) is 5.48. The molecule has 1 aromatic carbocycles. The van der Waals surface area contributed by atoms with Crippen LogP contribution in [0.5, 0.6) is 0 Å². The lowest BCUT2D eigenvalue weighted by Crippen LogP contribution is -2.57. The first-order chi connectivity index (χ1) is 16.7. The highest BCUT2D eigenvalue weighted by molar-refractivity contribution is 7.80. The van der Waals surface area contributed by atoms with Gasteiger partial charge in [0.05, 0.1) is 22.9 Å². The van der Waals surface area contributed by atoms with Gasteiger partial charge in [-0.1, -0.05) is 0 Å². The van der Waals surface area contributed by atoms with E-state index in [1.165, 1.54) is 6.07 Å². The SMILES string of the molecule is CC(=O)N1CC(C)N(CCCCN2C(=S)N(c3ccc(C#N)c(C(F)(F)F)c3)C(=O)C2(C)C)CC1C. The van der Waals surface area contributed by atoms with Crippen LogP contribution in [-0.4, -0.2) is 75.4 Å². The van der Waals surface area contributed by atoms with Crippen molar-refractivity contribution in [3.8, 4) is 6.07 Å². The van der Waals surface area contributed by atoms with Crippen LogP contribution < -0.4 is 4.90 Å². The zero-order chi connectivity index (χ0) is 27.0. The largest absolute Gasteiger partial charge is 0.417 e. The van der Waals surface area contributed by atoms with Gasteiger partial charge in [-0.05, 0) is 77.5 Å². The van der Waals surface area contributed by atoms with E-state index in [9.17, 15) is 22.8 Å². The van der Waals surface area contributed by atoms with Crippen molar-refractivity contribution in [3.63, 3.8) is 0 Å². The van der Waals surface area contributed by atoms with Crippen LogP contribution in [0.25, 0.3) is 0 Å². The highest BCUT2D eigenvalue weighted by Gasteiger charge is 2.49. The lowest BCUT2D eigenvalue weighted by molar-refractivity contribution is -0.138. The monoisotopic (exact) mass is 523 g/mol. The van der Waals surface area contributed by atoms with Gasteiger partial charge in [0.15, 0.2) is 5.11 Å². The van der Waals surface area contributed by atoms with Gasteiger partial charge in [-0.15, -0.1) is 0 Å². The van der Waals surface area contributed by atoms with Crippen molar-refractivity contribution in [2.75, 3.05) is 31.1 Å². The van der Waals surface area contributed by atoms with E-state index >= 15 is 0 Å². The third-order valence-electron chi connectivity index (χ3n) is 7.11. The average molecular weight is 524 g/mol. The van der Waals surface area contributed by atoms with Crippen LogP contribution in [0, 0.1) is 11.3 Å². The number of carbonyl (C=O) groups is 2. The topological polar surface area (TPSA) is 70.9 Å². The molecule has 2 atom stereocenters. The van der Waals surface area contributed by atoms with Crippen molar-refractivity contribution in [3.05, 3.63) is 29.3 Å². The number of piperazine rings is 1. The second-order valence-electron chi connectivity index (χ2n) is 10.0. The summed E-state index contributed by atoms with van der Waals surface area (Å²) in [6.45, 7) is 11.9. The van der Waals surface area contributed by atoms with Gasteiger partial charge in [-0.3, -0.25) is 19.4 Å². The number of anilines is 1. The first-order valence-electron chi connectivity index (χ1n) is 12.0. The number of nitriles is 1. The van der Waals surface area contributed by atoms with Crippen LogP contribution in [0.3, 0.4) is 0 Å². The molecular weight excluding hydrogens is 491 g/mol. The van der Waals surface area contributed by atoms with Crippen LogP contribution in [0.4, 0.5) is 18.9 Å². The third-order valence-corrected chi connectivity index (χ3v) is 7.51. The number of thiocarbonyl (C=S) groups is 1. The summed E-state index contributed by atoms with van der Waals surface area (Å²) >= 11 is 5.55. The summed E-state index contributed by atoms with van der Waals surface area (Å²) in [4.78, 5) is 32.2. The minimum absolute atomic E-state index is 0.00180. The van der Waals surface area contributed by atoms with Gasteiger partial charge in [-0.25, -0.2) is 0 Å². The quantitative estimate of drug-likeness (QED) is 0.415. The highest BCUT2D eigenvalue weighted by atomic mass is 32.1. The number of unbranched alkanes of at least 4 members (excludes halogenated alkanes) is 1. The number of amides is 2. The lowest BCUT2D eigenvalue weighted by atomic mass is 10.0. The number of alkyl halides is 3. The zero-order valence-electron chi connectivity index (χ0n) is 21.2. The van der Waals surface area contributed by atoms with Crippen LogP contribution in [0.2, 0.25) is 0 Å². The molecule has 0 saturated carbocycles. The number of hydrogen-bond donors (Lipinski definition) is 0. The molecule has 196 valence electrons. The third kappa shape index (κ3) is 5.34. The minimum atomic E-state index is -4.73. The molecule has 0 aliphatic carbocycles. The first kappa shape index (κ1) is 27.9. The summed E-state index contributed by atoms with van der Waals surface area (Å²) in [6, 6.07) is 5.13. The van der Waals surface area contributed by atoms with Crippen molar-refractivity contribution in [2.45, 2.75) is 71.3 Å². The van der Waals surface area contributed by atoms with Gasteiger partial charge in [0.25, 0.3) is 5.91 Å². The van der Waals surface area contributed by atoms with Crippen molar-refractivity contribution in [2.24, 2.45) is 0 Å². The van der Waals surface area contributed by atoms with E-state index in [4.69, 9.17) is 17.5 Å². The summed E-state index contributed by atoms with van der Waals surface area (Å²) in [7, 11) is 0. The standard InChI is InChI=1S/C25H32F3N5O2S/c1-16-15-31(18(3)34)17(2)14-30(16)10-6-7-11-32-23(36)33(22(35)24(32,4)5)20-9-8-19(13-29)21(12-20)25(26,27)28/h8-9,12,16-17H,6-7,10-11,14-15H2,1-5H3. The van der Waals surface area contributed by atoms with Gasteiger partial charge in [0.2, 0.25) is 5.91 Å². The summed E-state index contributed by atoms with van der Waals surface area (Å²) in [5.74, 6) is -0.328. The van der Waals surface area contributed by atoms with Crippen molar-refractivity contribution in [1.82, 2.24) is 14.7 Å². The summed E-state index contributed by atoms with van der Waals surface area (Å²) in [5.41, 5.74) is -2.62. The lowest BCUT2D eigenvalue weighted by Gasteiger charge is -2.44. The van der Waals surface area contributed by atoms with E-state index in [2.05, 4.69) is 11.8 Å². The Kier molecular flexibility index (Phi) is 8.01. The number of halogens is 3. The number of nitrogens with zero attached hydrogens (tertiary/aromatic N) is 5. The van der Waals surface area contributed by atoms with Gasteiger partial charge in [0.1, 0.15) is 5.54 Å². The predicted octanol–water partition coefficient (Wildman–Crippen LogP) is 4.01. The average Bonchev–Trinajstić information content (AvgIpc) is 2.96. The van der Waals surface area contributed by atoms with Gasteiger partial charge < -0.3 is 9.80 Å². The van der Waals surface area contributed by atoms with Gasteiger partial charge >= 0.3 is 6.18 Å². The van der Waals surface area contributed by atoms with E-state index in [-0.39, 0.29) is 28.8 Å². The summed E-state index contributed by atoms with van der Waals surface area (Å²) < 4.78 is 40.4. The Bertz CT molecular complexity index is 1080. The molecule has 7 nitrogen and oxygen atoms in total. The molecule has 0 bridgehead atoms. The predicted molar refractivity (Wildman–Crippen MR) is 134 cm³/mol. The van der Waals surface area contributed by atoms with Crippen LogP contribution in [0.15, 0.2) is 18.2 Å². The molecular formula is C25H32F3N5O2S. The maximum atomic E-state index is 13.5. The number of hydrogen-bond acceptors (Lipinski definition) is 5. The molecule has 3 rings (SSSR count). The van der Waals surface area contributed by atoms with Gasteiger partial charge in [-0.2, -0.15) is 18.4 Å². The summed E-state index contributed by atoms with van der Waals surface area (Å²) in [6.07, 6.45) is -3.15. The molecule has 2 aliphatic heterocycles. The molecule has 36 heavy (non-hydrogen) atoms. The number of benzene rings is 1. The van der Waals surface area contributed by atoms with E-state index in [0.717, 1.165) is 43.0 Å².